The van der Waals surface area contributed by atoms with E-state index in [0.717, 1.165) is 0 Å². The van der Waals surface area contributed by atoms with Crippen molar-refractivity contribution < 1.29 is 0 Å². The molecule has 9 heavy (non-hydrogen) atoms. The van der Waals surface area contributed by atoms with E-state index in [1.807, 2.05) is 13.8 Å². The molecule has 4 heteroatoms. The molecular weight excluding hydrogens is 116 g/mol. The van der Waals surface area contributed by atoms with Crippen LogP contribution in [0.3, 0.4) is 0 Å². The Morgan fingerprint density at radius 2 is 2.00 bits per heavy atom. The van der Waals surface area contributed by atoms with Crippen LogP contribution < -0.4 is 5.73 Å². The van der Waals surface area contributed by atoms with Gasteiger partial charge in [-0.2, -0.15) is 15.5 Å². The van der Waals surface area contributed by atoms with Crippen molar-refractivity contribution in [3.63, 3.8) is 0 Å². The van der Waals surface area contributed by atoms with E-state index in [9.17, 15) is 0 Å². The molecule has 50 valence electrons. The Kier molecular flexibility index (Phi) is 3.56. The molecule has 0 bridgehead atoms. The zero-order valence-corrected chi connectivity index (χ0v) is 5.57. The Labute approximate surface area is 54.4 Å². The van der Waals surface area contributed by atoms with Gasteiger partial charge in [-0.25, -0.2) is 0 Å². The average Bonchev–Trinajstić information content (AvgIpc) is 1.83. The van der Waals surface area contributed by atoms with Crippen molar-refractivity contribution in [1.29, 1.82) is 5.26 Å². The highest BCUT2D eigenvalue weighted by molar-refractivity contribution is 4.82. The van der Waals surface area contributed by atoms with E-state index >= 15 is 0 Å². The molecule has 0 radical (unpaired) electrons. The first-order valence-electron chi connectivity index (χ1n) is 2.72. The molecule has 0 amide bonds. The van der Waals surface area contributed by atoms with Crippen molar-refractivity contribution >= 4 is 0 Å². The molecular formula is C5H10N4. The molecule has 0 aliphatic rings. The Balaban J connectivity index is 3.60. The zero-order chi connectivity index (χ0) is 7.28. The standard InChI is InChI=1S/C5H10N4/c1-4(2)8-9-5(7)3-6/h4-5H,7H2,1-2H3. The highest BCUT2D eigenvalue weighted by Crippen LogP contribution is 1.88. The molecule has 0 heterocycles. The number of nitrogens with two attached hydrogens (primary N) is 1. The minimum absolute atomic E-state index is 0.115. The molecule has 0 fully saturated rings. The molecule has 0 aliphatic heterocycles. The topological polar surface area (TPSA) is 74.5 Å². The van der Waals surface area contributed by atoms with Crippen LogP contribution in [0, 0.1) is 11.3 Å². The molecule has 4 nitrogen and oxygen atoms in total. The van der Waals surface area contributed by atoms with Crippen molar-refractivity contribution in [1.82, 2.24) is 0 Å². The van der Waals surface area contributed by atoms with Crippen molar-refractivity contribution in [3.05, 3.63) is 0 Å². The number of hydrogen-bond acceptors (Lipinski definition) is 4. The molecule has 0 spiro atoms. The van der Waals surface area contributed by atoms with E-state index in [-0.39, 0.29) is 6.04 Å². The lowest BCUT2D eigenvalue weighted by Gasteiger charge is -1.93. The number of rotatable bonds is 2. The third-order valence-electron chi connectivity index (χ3n) is 0.554. The summed E-state index contributed by atoms with van der Waals surface area (Å²) in [6.07, 6.45) is -0.799. The average molecular weight is 126 g/mol. The zero-order valence-electron chi connectivity index (χ0n) is 5.57. The van der Waals surface area contributed by atoms with Gasteiger partial charge in [0.05, 0.1) is 6.04 Å². The van der Waals surface area contributed by atoms with Crippen LogP contribution in [0.2, 0.25) is 0 Å². The summed E-state index contributed by atoms with van der Waals surface area (Å²) in [6.45, 7) is 3.74. The number of azo groups is 1. The van der Waals surface area contributed by atoms with E-state index in [0.29, 0.717) is 0 Å². The first-order chi connectivity index (χ1) is 4.16. The van der Waals surface area contributed by atoms with Gasteiger partial charge in [-0.15, -0.1) is 0 Å². The van der Waals surface area contributed by atoms with Crippen LogP contribution in [-0.2, 0) is 0 Å². The van der Waals surface area contributed by atoms with Crippen LogP contribution >= 0.6 is 0 Å². The lowest BCUT2D eigenvalue weighted by molar-refractivity contribution is 0.699. The summed E-state index contributed by atoms with van der Waals surface area (Å²) in [7, 11) is 0. The predicted molar refractivity (Wildman–Crippen MR) is 33.6 cm³/mol. The smallest absolute Gasteiger partial charge is 0.205 e. The van der Waals surface area contributed by atoms with Gasteiger partial charge in [0, 0.05) is 0 Å². The van der Waals surface area contributed by atoms with Gasteiger partial charge in [-0.1, -0.05) is 0 Å². The highest BCUT2D eigenvalue weighted by atomic mass is 15.2. The Hall–Kier alpha value is -0.950. The van der Waals surface area contributed by atoms with Gasteiger partial charge in [0.2, 0.25) is 6.17 Å². The van der Waals surface area contributed by atoms with Crippen LogP contribution in [0.15, 0.2) is 10.2 Å². The van der Waals surface area contributed by atoms with E-state index in [2.05, 4.69) is 10.2 Å². The predicted octanol–water partition coefficient (Wildman–Crippen LogP) is 0.655. The first kappa shape index (κ1) is 8.05. The van der Waals surface area contributed by atoms with Crippen molar-refractivity contribution in [3.8, 4) is 6.07 Å². The van der Waals surface area contributed by atoms with Crippen LogP contribution in [0.4, 0.5) is 0 Å². The molecule has 0 aromatic rings. The highest BCUT2D eigenvalue weighted by Gasteiger charge is 1.92. The van der Waals surface area contributed by atoms with Gasteiger partial charge in [-0.05, 0) is 13.8 Å². The SMILES string of the molecule is CC(C)N=NC(N)C#N. The third-order valence-corrected chi connectivity index (χ3v) is 0.554. The fourth-order valence-electron chi connectivity index (χ4n) is 0.231. The molecule has 0 saturated heterocycles. The van der Waals surface area contributed by atoms with Crippen LogP contribution in [-0.4, -0.2) is 12.2 Å². The number of nitriles is 1. The van der Waals surface area contributed by atoms with Gasteiger partial charge in [0.15, 0.2) is 0 Å². The monoisotopic (exact) mass is 126 g/mol. The maximum absolute atomic E-state index is 8.12. The van der Waals surface area contributed by atoms with Crippen molar-refractivity contribution in [2.75, 3.05) is 0 Å². The van der Waals surface area contributed by atoms with E-state index in [1.54, 1.807) is 6.07 Å². The van der Waals surface area contributed by atoms with Gasteiger partial charge >= 0.3 is 0 Å². The minimum atomic E-state index is -0.799. The van der Waals surface area contributed by atoms with Gasteiger partial charge in [-0.3, -0.25) is 5.73 Å². The molecule has 0 rings (SSSR count). The fourth-order valence-corrected chi connectivity index (χ4v) is 0.231. The van der Waals surface area contributed by atoms with Crippen molar-refractivity contribution in [2.24, 2.45) is 16.0 Å². The largest absolute Gasteiger partial charge is 0.296 e. The van der Waals surface area contributed by atoms with Gasteiger partial charge in [0.1, 0.15) is 6.07 Å². The maximum atomic E-state index is 8.12. The summed E-state index contributed by atoms with van der Waals surface area (Å²) < 4.78 is 0. The summed E-state index contributed by atoms with van der Waals surface area (Å²) in [5.74, 6) is 0. The van der Waals surface area contributed by atoms with Gasteiger partial charge in [0.25, 0.3) is 0 Å². The first-order valence-corrected chi connectivity index (χ1v) is 2.72. The minimum Gasteiger partial charge on any atom is -0.296 e. The second-order valence-electron chi connectivity index (χ2n) is 1.90. The Morgan fingerprint density at radius 1 is 1.44 bits per heavy atom. The lowest BCUT2D eigenvalue weighted by atomic mass is 10.4. The summed E-state index contributed by atoms with van der Waals surface area (Å²) in [5.41, 5.74) is 5.10. The molecule has 0 aliphatic carbocycles. The Morgan fingerprint density at radius 3 is 2.33 bits per heavy atom. The second-order valence-corrected chi connectivity index (χ2v) is 1.90. The van der Waals surface area contributed by atoms with E-state index < -0.39 is 6.17 Å². The summed E-state index contributed by atoms with van der Waals surface area (Å²) in [4.78, 5) is 0. The molecule has 0 aromatic carbocycles. The van der Waals surface area contributed by atoms with E-state index in [4.69, 9.17) is 11.0 Å². The maximum Gasteiger partial charge on any atom is 0.205 e. The fraction of sp³-hybridized carbons (Fsp3) is 0.800. The lowest BCUT2D eigenvalue weighted by Crippen LogP contribution is -2.13. The molecule has 2 N–H and O–H groups in total. The molecule has 0 aromatic heterocycles. The second kappa shape index (κ2) is 3.98. The summed E-state index contributed by atoms with van der Waals surface area (Å²) in [6, 6.07) is 1.85. The summed E-state index contributed by atoms with van der Waals surface area (Å²) in [5, 5.41) is 15.3. The quantitative estimate of drug-likeness (QED) is 0.552. The van der Waals surface area contributed by atoms with Gasteiger partial charge < -0.3 is 0 Å². The van der Waals surface area contributed by atoms with E-state index in [1.165, 1.54) is 0 Å². The number of hydrogen-bond donors (Lipinski definition) is 1. The molecule has 1 unspecified atom stereocenters. The summed E-state index contributed by atoms with van der Waals surface area (Å²) >= 11 is 0. The van der Waals surface area contributed by atoms with Crippen molar-refractivity contribution in [2.45, 2.75) is 26.1 Å². The molecule has 0 saturated carbocycles. The van der Waals surface area contributed by atoms with Crippen LogP contribution in [0.5, 0.6) is 0 Å². The normalized spacial score (nSPS) is 14.1. The van der Waals surface area contributed by atoms with Crippen LogP contribution in [0.25, 0.3) is 0 Å². The third kappa shape index (κ3) is 4.91. The van der Waals surface area contributed by atoms with Crippen LogP contribution in [0.1, 0.15) is 13.8 Å². The number of nitrogens with zero attached hydrogens (tertiary/aromatic N) is 3. The Bertz CT molecular complexity index is 132. The molecule has 1 atom stereocenters.